The molecule has 0 aliphatic carbocycles. The second kappa shape index (κ2) is 13.7. The molecule has 214 valence electrons. The van der Waals surface area contributed by atoms with Crippen LogP contribution in [0.2, 0.25) is 5.02 Å². The number of nitrogens with zero attached hydrogens (tertiary/aromatic N) is 2. The minimum atomic E-state index is -4.18. The van der Waals surface area contributed by atoms with E-state index in [1.807, 2.05) is 51.1 Å². The Kier molecular flexibility index (Phi) is 10.6. The monoisotopic (exact) mass is 585 g/mol. The van der Waals surface area contributed by atoms with Crippen LogP contribution in [-0.2, 0) is 26.0 Å². The lowest BCUT2D eigenvalue weighted by Gasteiger charge is -2.32. The highest BCUT2D eigenvalue weighted by atomic mass is 35.5. The van der Waals surface area contributed by atoms with Crippen molar-refractivity contribution in [3.63, 3.8) is 0 Å². The number of ether oxygens (including phenoxy) is 1. The third-order valence-corrected chi connectivity index (χ3v) is 8.48. The van der Waals surface area contributed by atoms with Gasteiger partial charge in [0.05, 0.1) is 22.7 Å². The number of hydrogen-bond donors (Lipinski definition) is 1. The Bertz CT molecular complexity index is 1410. The minimum Gasteiger partial charge on any atom is -0.495 e. The van der Waals surface area contributed by atoms with Crippen LogP contribution in [0.4, 0.5) is 5.69 Å². The number of amides is 2. The summed E-state index contributed by atoms with van der Waals surface area (Å²) in [6, 6.07) is 19.5. The van der Waals surface area contributed by atoms with Gasteiger partial charge < -0.3 is 15.0 Å². The number of benzene rings is 3. The lowest BCUT2D eigenvalue weighted by Crippen LogP contribution is -2.53. The first-order valence-corrected chi connectivity index (χ1v) is 14.8. The van der Waals surface area contributed by atoms with Crippen molar-refractivity contribution in [3.8, 4) is 5.75 Å². The van der Waals surface area contributed by atoms with E-state index in [0.29, 0.717) is 12.2 Å². The van der Waals surface area contributed by atoms with E-state index < -0.39 is 28.5 Å². The summed E-state index contributed by atoms with van der Waals surface area (Å²) in [5.41, 5.74) is 2.08. The summed E-state index contributed by atoms with van der Waals surface area (Å²) in [6.07, 6.45) is 0.491. The zero-order chi connectivity index (χ0) is 29.4. The third kappa shape index (κ3) is 7.76. The van der Waals surface area contributed by atoms with Gasteiger partial charge in [0.2, 0.25) is 11.8 Å². The van der Waals surface area contributed by atoms with E-state index in [-0.39, 0.29) is 34.1 Å². The van der Waals surface area contributed by atoms with Gasteiger partial charge in [0, 0.05) is 12.6 Å². The molecule has 0 aliphatic heterocycles. The van der Waals surface area contributed by atoms with Crippen molar-refractivity contribution in [2.75, 3.05) is 24.5 Å². The fourth-order valence-electron chi connectivity index (χ4n) is 4.15. The van der Waals surface area contributed by atoms with Gasteiger partial charge in [0.1, 0.15) is 18.3 Å². The molecule has 1 N–H and O–H groups in total. The van der Waals surface area contributed by atoms with Gasteiger partial charge in [-0.05, 0) is 70.0 Å². The summed E-state index contributed by atoms with van der Waals surface area (Å²) in [4.78, 5) is 28.3. The topological polar surface area (TPSA) is 96.0 Å². The first-order chi connectivity index (χ1) is 18.9. The number of hydrogen-bond acceptors (Lipinski definition) is 5. The fraction of sp³-hybridized carbons (Fsp3) is 0.333. The molecule has 0 aliphatic rings. The zero-order valence-corrected chi connectivity index (χ0v) is 25.0. The maximum absolute atomic E-state index is 13.9. The molecule has 2 amide bonds. The number of carbonyl (C=O) groups is 2. The summed E-state index contributed by atoms with van der Waals surface area (Å²) < 4.78 is 34.0. The molecule has 40 heavy (non-hydrogen) atoms. The number of methoxy groups -OCH3 is 1. The van der Waals surface area contributed by atoms with Crippen LogP contribution >= 0.6 is 11.6 Å². The van der Waals surface area contributed by atoms with Crippen molar-refractivity contribution in [2.45, 2.75) is 51.1 Å². The van der Waals surface area contributed by atoms with Crippen LogP contribution < -0.4 is 14.4 Å². The maximum Gasteiger partial charge on any atom is 0.264 e. The Labute approximate surface area is 241 Å². The van der Waals surface area contributed by atoms with E-state index in [2.05, 4.69) is 5.32 Å². The molecule has 3 aromatic carbocycles. The van der Waals surface area contributed by atoms with Crippen molar-refractivity contribution in [1.29, 1.82) is 0 Å². The van der Waals surface area contributed by atoms with Gasteiger partial charge in [0.15, 0.2) is 0 Å². The molecule has 0 saturated heterocycles. The number of rotatable bonds is 12. The molecule has 3 aromatic rings. The predicted molar refractivity (Wildman–Crippen MR) is 158 cm³/mol. The first-order valence-electron chi connectivity index (χ1n) is 13.0. The number of carbonyl (C=O) groups excluding carboxylic acids is 2. The molecule has 0 bridgehead atoms. The van der Waals surface area contributed by atoms with Crippen molar-refractivity contribution >= 4 is 39.1 Å². The smallest absolute Gasteiger partial charge is 0.264 e. The van der Waals surface area contributed by atoms with E-state index in [0.717, 1.165) is 15.4 Å². The average molecular weight is 586 g/mol. The summed E-state index contributed by atoms with van der Waals surface area (Å²) in [6.45, 7) is 6.86. The second-order valence-corrected chi connectivity index (χ2v) is 12.1. The summed E-state index contributed by atoms with van der Waals surface area (Å²) in [7, 11) is -2.72. The molecule has 0 fully saturated rings. The van der Waals surface area contributed by atoms with Crippen LogP contribution in [0.1, 0.15) is 31.9 Å². The van der Waals surface area contributed by atoms with E-state index in [1.165, 1.54) is 36.3 Å². The lowest BCUT2D eigenvalue weighted by molar-refractivity contribution is -0.139. The van der Waals surface area contributed by atoms with Crippen LogP contribution in [0.25, 0.3) is 0 Å². The Morgan fingerprint density at radius 1 is 0.975 bits per heavy atom. The Morgan fingerprint density at radius 2 is 1.62 bits per heavy atom. The number of halogens is 1. The molecule has 8 nitrogen and oxygen atoms in total. The lowest BCUT2D eigenvalue weighted by atomic mass is 10.1. The average Bonchev–Trinajstić information content (AvgIpc) is 2.92. The maximum atomic E-state index is 13.9. The molecular weight excluding hydrogens is 550 g/mol. The van der Waals surface area contributed by atoms with E-state index in [9.17, 15) is 18.0 Å². The molecule has 10 heteroatoms. The van der Waals surface area contributed by atoms with Crippen molar-refractivity contribution in [2.24, 2.45) is 0 Å². The van der Waals surface area contributed by atoms with Gasteiger partial charge in [0.25, 0.3) is 10.0 Å². The van der Waals surface area contributed by atoms with Crippen molar-refractivity contribution in [1.82, 2.24) is 10.2 Å². The van der Waals surface area contributed by atoms with Gasteiger partial charge >= 0.3 is 0 Å². The standard InChI is InChI=1S/C30H36ClN3O5S/c1-21(2)32-30(36)23(4)33(18-17-24-9-7-6-8-10-24)29(35)20-34(25-13-16-28(39-5)27(31)19-25)40(37,38)26-14-11-22(3)12-15-26/h6-16,19,21,23H,17-18,20H2,1-5H3,(H,32,36)/t23-/m0/s1. The van der Waals surface area contributed by atoms with E-state index in [4.69, 9.17) is 16.3 Å². The molecule has 3 rings (SSSR count). The number of sulfonamides is 1. The Morgan fingerprint density at radius 3 is 2.20 bits per heavy atom. The van der Waals surface area contributed by atoms with Gasteiger partial charge in [-0.1, -0.05) is 59.6 Å². The van der Waals surface area contributed by atoms with Crippen molar-refractivity contribution < 1.29 is 22.7 Å². The highest BCUT2D eigenvalue weighted by Crippen LogP contribution is 2.32. The van der Waals surface area contributed by atoms with Crippen LogP contribution in [0.5, 0.6) is 5.75 Å². The third-order valence-electron chi connectivity index (χ3n) is 6.39. The Hall–Kier alpha value is -3.56. The van der Waals surface area contributed by atoms with Crippen LogP contribution in [0, 0.1) is 6.92 Å². The molecular formula is C30H36ClN3O5S. The highest BCUT2D eigenvalue weighted by Gasteiger charge is 2.32. The summed E-state index contributed by atoms with van der Waals surface area (Å²) in [5.74, 6) is -0.477. The Balaban J connectivity index is 2.02. The molecule has 0 spiro atoms. The van der Waals surface area contributed by atoms with E-state index in [1.54, 1.807) is 25.1 Å². The highest BCUT2D eigenvalue weighted by molar-refractivity contribution is 7.92. The van der Waals surface area contributed by atoms with Crippen molar-refractivity contribution in [3.05, 3.63) is 88.9 Å². The number of anilines is 1. The molecule has 0 heterocycles. The van der Waals surface area contributed by atoms with Gasteiger partial charge in [-0.3, -0.25) is 13.9 Å². The van der Waals surface area contributed by atoms with Crippen LogP contribution in [0.15, 0.2) is 77.7 Å². The quantitative estimate of drug-likeness (QED) is 0.328. The van der Waals surface area contributed by atoms with Gasteiger partial charge in [-0.2, -0.15) is 0 Å². The van der Waals surface area contributed by atoms with Crippen LogP contribution in [-0.4, -0.2) is 57.4 Å². The molecule has 1 atom stereocenters. The largest absolute Gasteiger partial charge is 0.495 e. The normalized spacial score (nSPS) is 12.1. The van der Waals surface area contributed by atoms with E-state index >= 15 is 0 Å². The number of aryl methyl sites for hydroxylation is 1. The molecule has 0 radical (unpaired) electrons. The summed E-state index contributed by atoms with van der Waals surface area (Å²) in [5, 5.41) is 3.04. The molecule has 0 aromatic heterocycles. The predicted octanol–water partition coefficient (Wildman–Crippen LogP) is 4.84. The van der Waals surface area contributed by atoms with Gasteiger partial charge in [-0.15, -0.1) is 0 Å². The SMILES string of the molecule is COc1ccc(N(CC(=O)N(CCc2ccccc2)[C@@H](C)C(=O)NC(C)C)S(=O)(=O)c2ccc(C)cc2)cc1Cl. The zero-order valence-electron chi connectivity index (χ0n) is 23.4. The minimum absolute atomic E-state index is 0.0271. The van der Waals surface area contributed by atoms with Crippen LogP contribution in [0.3, 0.4) is 0 Å². The first kappa shape index (κ1) is 31.0. The van der Waals surface area contributed by atoms with Gasteiger partial charge in [-0.25, -0.2) is 8.42 Å². The fourth-order valence-corrected chi connectivity index (χ4v) is 5.81. The molecule has 0 unspecified atom stereocenters. The molecule has 0 saturated carbocycles. The number of nitrogens with one attached hydrogen (secondary N) is 1. The second-order valence-electron chi connectivity index (χ2n) is 9.81. The summed E-state index contributed by atoms with van der Waals surface area (Å²) >= 11 is 6.35.